The summed E-state index contributed by atoms with van der Waals surface area (Å²) in [6.07, 6.45) is 3.41. The zero-order valence-electron chi connectivity index (χ0n) is 14.1. The summed E-state index contributed by atoms with van der Waals surface area (Å²) in [6.45, 7) is 7.63. The van der Waals surface area contributed by atoms with Gasteiger partial charge in [0.2, 0.25) is 0 Å². The zero-order valence-corrected chi connectivity index (χ0v) is 15.6. The molecule has 1 aromatic carbocycles. The van der Waals surface area contributed by atoms with Crippen LogP contribution in [0.3, 0.4) is 0 Å². The van der Waals surface area contributed by atoms with Gasteiger partial charge in [-0.3, -0.25) is 0 Å². The van der Waals surface area contributed by atoms with Crippen molar-refractivity contribution >= 4 is 23.2 Å². The highest BCUT2D eigenvalue weighted by atomic mass is 35.5. The molecule has 0 aliphatic carbocycles. The molecular weight excluding hydrogens is 305 g/mol. The van der Waals surface area contributed by atoms with E-state index < -0.39 is 0 Å². The predicted molar refractivity (Wildman–Crippen MR) is 96.5 cm³/mol. The third-order valence-electron chi connectivity index (χ3n) is 2.68. The van der Waals surface area contributed by atoms with Gasteiger partial charge in [-0.2, -0.15) is 0 Å². The smallest absolute Gasteiger partial charge is 0.0592 e. The maximum atomic E-state index is 8.76. The monoisotopic (exact) mass is 335 g/mol. The molecule has 0 saturated carbocycles. The number of benzene rings is 1. The highest BCUT2D eigenvalue weighted by Crippen LogP contribution is 2.19. The average molecular weight is 336 g/mol. The van der Waals surface area contributed by atoms with Gasteiger partial charge in [-0.15, -0.1) is 0 Å². The van der Waals surface area contributed by atoms with Crippen molar-refractivity contribution in [1.82, 2.24) is 4.90 Å². The van der Waals surface area contributed by atoms with Crippen LogP contribution in [-0.4, -0.2) is 37.3 Å². The maximum Gasteiger partial charge on any atom is 0.0592 e. The van der Waals surface area contributed by atoms with Crippen LogP contribution in [0.25, 0.3) is 0 Å². The number of hydrogen-bond acceptors (Lipinski definition) is 2. The van der Waals surface area contributed by atoms with Crippen molar-refractivity contribution in [2.75, 3.05) is 27.2 Å². The first-order valence-corrected chi connectivity index (χ1v) is 8.42. The average Bonchev–Trinajstić information content (AvgIpc) is 2.45. The van der Waals surface area contributed by atoms with Gasteiger partial charge in [-0.1, -0.05) is 62.5 Å². The van der Waals surface area contributed by atoms with Gasteiger partial charge in [0.1, 0.15) is 0 Å². The Morgan fingerprint density at radius 3 is 1.81 bits per heavy atom. The number of halogens is 2. The van der Waals surface area contributed by atoms with Gasteiger partial charge in [0.15, 0.2) is 0 Å². The molecule has 0 amide bonds. The Bertz CT molecular complexity index is 305. The molecular formula is C17H31Cl2NO. The molecule has 0 radical (unpaired) electrons. The molecule has 2 nitrogen and oxygen atoms in total. The molecule has 0 aromatic heterocycles. The van der Waals surface area contributed by atoms with Gasteiger partial charge >= 0.3 is 0 Å². The molecule has 1 atom stereocenters. The molecule has 4 heteroatoms. The van der Waals surface area contributed by atoms with E-state index in [2.05, 4.69) is 25.9 Å². The molecule has 21 heavy (non-hydrogen) atoms. The van der Waals surface area contributed by atoms with Crippen molar-refractivity contribution in [3.05, 3.63) is 34.3 Å². The Hall–Kier alpha value is -0.280. The standard InChI is InChI=1S/C9H21NO.C6H4Cl2.C2H6/c1-4-5-9(6-7-11)8-10(2)3;7-5-3-1-2-4-6(5)8;1-2/h9,11H,4-8H2,1-3H3;1-4H;1-2H3. The first kappa shape index (κ1) is 23.0. The summed E-state index contributed by atoms with van der Waals surface area (Å²) < 4.78 is 0. The molecule has 0 aliphatic heterocycles. The number of rotatable bonds is 6. The minimum Gasteiger partial charge on any atom is -0.396 e. The summed E-state index contributed by atoms with van der Waals surface area (Å²) in [5, 5.41) is 9.97. The van der Waals surface area contributed by atoms with Crippen LogP contribution in [-0.2, 0) is 0 Å². The van der Waals surface area contributed by atoms with Crippen molar-refractivity contribution in [3.8, 4) is 0 Å². The lowest BCUT2D eigenvalue weighted by molar-refractivity contribution is 0.222. The molecule has 0 bridgehead atoms. The van der Waals surface area contributed by atoms with Crippen LogP contribution in [0.15, 0.2) is 24.3 Å². The molecule has 0 fully saturated rings. The van der Waals surface area contributed by atoms with Crippen molar-refractivity contribution < 1.29 is 5.11 Å². The summed E-state index contributed by atoms with van der Waals surface area (Å²) in [5.74, 6) is 0.681. The van der Waals surface area contributed by atoms with Crippen molar-refractivity contribution in [3.63, 3.8) is 0 Å². The molecule has 0 saturated heterocycles. The molecule has 124 valence electrons. The van der Waals surface area contributed by atoms with Crippen LogP contribution in [0.2, 0.25) is 10.0 Å². The van der Waals surface area contributed by atoms with E-state index in [0.717, 1.165) is 13.0 Å². The maximum absolute atomic E-state index is 8.76. The van der Waals surface area contributed by atoms with Crippen LogP contribution < -0.4 is 0 Å². The molecule has 1 aromatic rings. The van der Waals surface area contributed by atoms with Crippen LogP contribution in [0.4, 0.5) is 0 Å². The predicted octanol–water partition coefficient (Wildman–Crippen LogP) is 5.37. The van der Waals surface area contributed by atoms with E-state index in [0.29, 0.717) is 22.6 Å². The topological polar surface area (TPSA) is 23.5 Å². The highest BCUT2D eigenvalue weighted by molar-refractivity contribution is 6.41. The second-order valence-corrected chi connectivity index (χ2v) is 5.66. The normalized spacial score (nSPS) is 11.1. The molecule has 1 N–H and O–H groups in total. The largest absolute Gasteiger partial charge is 0.396 e. The fourth-order valence-corrected chi connectivity index (χ4v) is 2.14. The van der Waals surface area contributed by atoms with E-state index in [-0.39, 0.29) is 0 Å². The quantitative estimate of drug-likeness (QED) is 0.755. The van der Waals surface area contributed by atoms with E-state index in [1.807, 2.05) is 26.0 Å². The molecule has 0 heterocycles. The minimum absolute atomic E-state index is 0.332. The van der Waals surface area contributed by atoms with E-state index in [9.17, 15) is 0 Å². The molecule has 1 rings (SSSR count). The summed E-state index contributed by atoms with van der Waals surface area (Å²) in [4.78, 5) is 2.19. The zero-order chi connectivity index (χ0) is 16.7. The first-order chi connectivity index (χ1) is 10.0. The second-order valence-electron chi connectivity index (χ2n) is 4.84. The third-order valence-corrected chi connectivity index (χ3v) is 3.44. The fourth-order valence-electron chi connectivity index (χ4n) is 1.87. The summed E-state index contributed by atoms with van der Waals surface area (Å²) in [7, 11) is 4.17. The lowest BCUT2D eigenvalue weighted by atomic mass is 10.00. The Kier molecular flexibility index (Phi) is 17.6. The molecule has 1 unspecified atom stereocenters. The molecule has 0 aliphatic rings. The van der Waals surface area contributed by atoms with Crippen LogP contribution in [0.1, 0.15) is 40.0 Å². The number of hydrogen-bond donors (Lipinski definition) is 1. The SMILES string of the molecule is CC.CCCC(CCO)CN(C)C.Clc1ccccc1Cl. The van der Waals surface area contributed by atoms with E-state index >= 15 is 0 Å². The Morgan fingerprint density at radius 1 is 1.05 bits per heavy atom. The van der Waals surface area contributed by atoms with Crippen molar-refractivity contribution in [1.29, 1.82) is 0 Å². The lowest BCUT2D eigenvalue weighted by Crippen LogP contribution is -2.22. The highest BCUT2D eigenvalue weighted by Gasteiger charge is 2.07. The van der Waals surface area contributed by atoms with Crippen LogP contribution in [0, 0.1) is 5.92 Å². The number of aliphatic hydroxyl groups excluding tert-OH is 1. The second kappa shape index (κ2) is 16.1. The first-order valence-electron chi connectivity index (χ1n) is 7.66. The number of aliphatic hydroxyl groups is 1. The van der Waals surface area contributed by atoms with Gasteiger partial charge < -0.3 is 10.0 Å². The van der Waals surface area contributed by atoms with E-state index in [1.165, 1.54) is 12.8 Å². The van der Waals surface area contributed by atoms with Crippen LogP contribution >= 0.6 is 23.2 Å². The van der Waals surface area contributed by atoms with Gasteiger partial charge in [0.25, 0.3) is 0 Å². The summed E-state index contributed by atoms with van der Waals surface area (Å²) in [6, 6.07) is 7.19. The third kappa shape index (κ3) is 14.4. The Morgan fingerprint density at radius 2 is 1.52 bits per heavy atom. The van der Waals surface area contributed by atoms with Crippen LogP contribution in [0.5, 0.6) is 0 Å². The lowest BCUT2D eigenvalue weighted by Gasteiger charge is -2.19. The Labute approximate surface area is 141 Å². The summed E-state index contributed by atoms with van der Waals surface area (Å²) >= 11 is 11.2. The van der Waals surface area contributed by atoms with E-state index in [1.54, 1.807) is 12.1 Å². The Balaban J connectivity index is 0. The van der Waals surface area contributed by atoms with Gasteiger partial charge in [0, 0.05) is 13.2 Å². The minimum atomic E-state index is 0.332. The van der Waals surface area contributed by atoms with Crippen molar-refractivity contribution in [2.45, 2.75) is 40.0 Å². The number of nitrogens with zero attached hydrogens (tertiary/aromatic N) is 1. The summed E-state index contributed by atoms with van der Waals surface area (Å²) in [5.41, 5.74) is 0. The van der Waals surface area contributed by atoms with Gasteiger partial charge in [-0.25, -0.2) is 0 Å². The van der Waals surface area contributed by atoms with E-state index in [4.69, 9.17) is 28.3 Å². The van der Waals surface area contributed by atoms with Crippen molar-refractivity contribution in [2.24, 2.45) is 5.92 Å². The van der Waals surface area contributed by atoms with Gasteiger partial charge in [0.05, 0.1) is 10.0 Å². The van der Waals surface area contributed by atoms with Gasteiger partial charge in [-0.05, 0) is 45.0 Å². The fraction of sp³-hybridized carbons (Fsp3) is 0.647. The molecule has 0 spiro atoms.